The first-order valence-corrected chi connectivity index (χ1v) is 6.14. The van der Waals surface area contributed by atoms with Crippen molar-refractivity contribution in [2.45, 2.75) is 44.8 Å². The predicted molar refractivity (Wildman–Crippen MR) is 64.5 cm³/mol. The fourth-order valence-electron chi connectivity index (χ4n) is 2.22. The minimum absolute atomic E-state index is 0.409. The molecule has 1 aromatic heterocycles. The van der Waals surface area contributed by atoms with Crippen molar-refractivity contribution < 1.29 is 4.74 Å². The summed E-state index contributed by atoms with van der Waals surface area (Å²) in [5.74, 6) is 0.997. The van der Waals surface area contributed by atoms with Crippen LogP contribution in [0.1, 0.15) is 37.7 Å². The molecule has 88 valence electrons. The molecule has 0 atom stereocenters. The summed E-state index contributed by atoms with van der Waals surface area (Å²) in [7, 11) is 1.94. The van der Waals surface area contributed by atoms with Crippen LogP contribution < -0.4 is 10.1 Å². The van der Waals surface area contributed by atoms with Crippen LogP contribution in [0.3, 0.4) is 0 Å². The van der Waals surface area contributed by atoms with Crippen LogP contribution in [-0.2, 0) is 6.54 Å². The maximum Gasteiger partial charge on any atom is 0.127 e. The highest BCUT2D eigenvalue weighted by molar-refractivity contribution is 5.30. The second-order valence-electron chi connectivity index (χ2n) is 4.39. The van der Waals surface area contributed by atoms with E-state index < -0.39 is 0 Å². The minimum Gasteiger partial charge on any atom is -0.490 e. The van der Waals surface area contributed by atoms with E-state index >= 15 is 0 Å². The fraction of sp³-hybridized carbons (Fsp3) is 0.615. The summed E-state index contributed by atoms with van der Waals surface area (Å²) in [5.41, 5.74) is 1.15. The molecule has 0 aromatic carbocycles. The van der Waals surface area contributed by atoms with Crippen LogP contribution in [-0.4, -0.2) is 18.1 Å². The number of hydrogen-bond donors (Lipinski definition) is 1. The maximum atomic E-state index is 6.06. The van der Waals surface area contributed by atoms with Crippen molar-refractivity contribution in [1.82, 2.24) is 10.3 Å². The molecule has 0 unspecified atom stereocenters. The molecule has 3 heteroatoms. The van der Waals surface area contributed by atoms with Gasteiger partial charge in [0.15, 0.2) is 0 Å². The van der Waals surface area contributed by atoms with Crippen LogP contribution in [0, 0.1) is 0 Å². The highest BCUT2D eigenvalue weighted by Crippen LogP contribution is 2.25. The van der Waals surface area contributed by atoms with Crippen LogP contribution >= 0.6 is 0 Å². The third-order valence-corrected chi connectivity index (χ3v) is 3.07. The monoisotopic (exact) mass is 220 g/mol. The van der Waals surface area contributed by atoms with Crippen molar-refractivity contribution in [2.24, 2.45) is 0 Å². The van der Waals surface area contributed by atoms with Gasteiger partial charge in [0.05, 0.1) is 6.10 Å². The standard InChI is InChI=1S/C13H20N2O/c1-14-9-11-10-15-8-7-13(11)16-12-5-3-2-4-6-12/h7-8,10,12,14H,2-6,9H2,1H3. The molecule has 0 radical (unpaired) electrons. The zero-order valence-electron chi connectivity index (χ0n) is 9.91. The normalized spacial score (nSPS) is 17.3. The lowest BCUT2D eigenvalue weighted by Gasteiger charge is -2.24. The molecule has 3 nitrogen and oxygen atoms in total. The van der Waals surface area contributed by atoms with E-state index in [2.05, 4.69) is 10.3 Å². The van der Waals surface area contributed by atoms with Crippen molar-refractivity contribution in [2.75, 3.05) is 7.05 Å². The third kappa shape index (κ3) is 2.95. The van der Waals surface area contributed by atoms with Crippen molar-refractivity contribution in [1.29, 1.82) is 0 Å². The maximum absolute atomic E-state index is 6.06. The van der Waals surface area contributed by atoms with Gasteiger partial charge >= 0.3 is 0 Å². The molecule has 1 heterocycles. The number of hydrogen-bond acceptors (Lipinski definition) is 3. The van der Waals surface area contributed by atoms with Gasteiger partial charge in [0.25, 0.3) is 0 Å². The van der Waals surface area contributed by atoms with E-state index in [9.17, 15) is 0 Å². The number of aromatic nitrogens is 1. The van der Waals surface area contributed by atoms with Crippen molar-refractivity contribution >= 4 is 0 Å². The molecule has 2 rings (SSSR count). The summed E-state index contributed by atoms with van der Waals surface area (Å²) in [6.45, 7) is 0.815. The quantitative estimate of drug-likeness (QED) is 0.846. The largest absolute Gasteiger partial charge is 0.490 e. The van der Waals surface area contributed by atoms with Gasteiger partial charge in [-0.15, -0.1) is 0 Å². The molecule has 1 fully saturated rings. The Morgan fingerprint density at radius 1 is 1.38 bits per heavy atom. The Bertz CT molecular complexity index is 321. The second kappa shape index (κ2) is 5.85. The lowest BCUT2D eigenvalue weighted by molar-refractivity contribution is 0.153. The number of nitrogens with one attached hydrogen (secondary N) is 1. The van der Waals surface area contributed by atoms with E-state index in [1.807, 2.05) is 19.3 Å². The summed E-state index contributed by atoms with van der Waals surface area (Å²) in [4.78, 5) is 4.14. The number of ether oxygens (including phenoxy) is 1. The van der Waals surface area contributed by atoms with E-state index in [1.54, 1.807) is 6.20 Å². The summed E-state index contributed by atoms with van der Waals surface area (Å²) >= 11 is 0. The van der Waals surface area contributed by atoms with E-state index in [-0.39, 0.29) is 0 Å². The molecule has 0 spiro atoms. The minimum atomic E-state index is 0.409. The molecule has 0 bridgehead atoms. The second-order valence-corrected chi connectivity index (χ2v) is 4.39. The number of pyridine rings is 1. The van der Waals surface area contributed by atoms with E-state index in [1.165, 1.54) is 32.1 Å². The zero-order valence-corrected chi connectivity index (χ0v) is 9.91. The molecule has 1 aliphatic rings. The SMILES string of the molecule is CNCc1cnccc1OC1CCCCC1. The Hall–Kier alpha value is -1.09. The van der Waals surface area contributed by atoms with Gasteiger partial charge in [0, 0.05) is 24.5 Å². The highest BCUT2D eigenvalue weighted by atomic mass is 16.5. The molecule has 0 aliphatic heterocycles. The summed E-state index contributed by atoms with van der Waals surface area (Å²) in [6.07, 6.45) is 10.5. The predicted octanol–water partition coefficient (Wildman–Crippen LogP) is 2.51. The summed E-state index contributed by atoms with van der Waals surface area (Å²) in [5, 5.41) is 3.14. The molecule has 16 heavy (non-hydrogen) atoms. The average molecular weight is 220 g/mol. The first-order chi connectivity index (χ1) is 7.90. The first-order valence-electron chi connectivity index (χ1n) is 6.14. The Kier molecular flexibility index (Phi) is 4.17. The first kappa shape index (κ1) is 11.4. The van der Waals surface area contributed by atoms with Crippen LogP contribution in [0.15, 0.2) is 18.5 Å². The summed E-state index contributed by atoms with van der Waals surface area (Å²) in [6, 6.07) is 1.97. The Balaban J connectivity index is 2.01. The van der Waals surface area contributed by atoms with E-state index in [4.69, 9.17) is 4.74 Å². The summed E-state index contributed by atoms with van der Waals surface area (Å²) < 4.78 is 6.06. The zero-order chi connectivity index (χ0) is 11.2. The molecule has 1 aromatic rings. The van der Waals surface area contributed by atoms with Gasteiger partial charge in [-0.05, 0) is 38.8 Å². The molecule has 0 amide bonds. The molecule has 1 saturated carbocycles. The van der Waals surface area contributed by atoms with Crippen molar-refractivity contribution in [3.63, 3.8) is 0 Å². The number of nitrogens with zero attached hydrogens (tertiary/aromatic N) is 1. The van der Waals surface area contributed by atoms with Gasteiger partial charge in [0.1, 0.15) is 5.75 Å². The van der Waals surface area contributed by atoms with Crippen LogP contribution in [0.5, 0.6) is 5.75 Å². The molecule has 0 saturated heterocycles. The van der Waals surface area contributed by atoms with E-state index in [0.717, 1.165) is 17.9 Å². The lowest BCUT2D eigenvalue weighted by Crippen LogP contribution is -2.21. The highest BCUT2D eigenvalue weighted by Gasteiger charge is 2.16. The molecule has 1 aliphatic carbocycles. The molecular formula is C13H20N2O. The fourth-order valence-corrected chi connectivity index (χ4v) is 2.22. The molecule has 1 N–H and O–H groups in total. The van der Waals surface area contributed by atoms with Gasteiger partial charge in [-0.3, -0.25) is 4.98 Å². The Morgan fingerprint density at radius 2 is 2.19 bits per heavy atom. The van der Waals surface area contributed by atoms with Gasteiger partial charge < -0.3 is 10.1 Å². The van der Waals surface area contributed by atoms with Crippen LogP contribution in [0.25, 0.3) is 0 Å². The van der Waals surface area contributed by atoms with E-state index in [0.29, 0.717) is 6.10 Å². The van der Waals surface area contributed by atoms with Crippen LogP contribution in [0.2, 0.25) is 0 Å². The Labute approximate surface area is 97.2 Å². The lowest BCUT2D eigenvalue weighted by atomic mass is 9.98. The van der Waals surface area contributed by atoms with Crippen molar-refractivity contribution in [3.8, 4) is 5.75 Å². The number of rotatable bonds is 4. The van der Waals surface area contributed by atoms with Crippen molar-refractivity contribution in [3.05, 3.63) is 24.0 Å². The average Bonchev–Trinajstić information content (AvgIpc) is 2.33. The Morgan fingerprint density at radius 3 is 2.94 bits per heavy atom. The molecular weight excluding hydrogens is 200 g/mol. The van der Waals surface area contributed by atoms with Gasteiger partial charge in [-0.1, -0.05) is 6.42 Å². The van der Waals surface area contributed by atoms with Gasteiger partial charge in [-0.25, -0.2) is 0 Å². The smallest absolute Gasteiger partial charge is 0.127 e. The van der Waals surface area contributed by atoms with Crippen LogP contribution in [0.4, 0.5) is 0 Å². The van der Waals surface area contributed by atoms with Gasteiger partial charge in [0.2, 0.25) is 0 Å². The third-order valence-electron chi connectivity index (χ3n) is 3.07. The van der Waals surface area contributed by atoms with Gasteiger partial charge in [-0.2, -0.15) is 0 Å². The topological polar surface area (TPSA) is 34.2 Å².